The smallest absolute Gasteiger partial charge is 0.267 e. The van der Waals surface area contributed by atoms with Crippen LogP contribution in [0.1, 0.15) is 27.4 Å². The molecule has 122 valence electrons. The molecule has 2 N–H and O–H groups in total. The van der Waals surface area contributed by atoms with Crippen LogP contribution < -0.4 is 4.74 Å². The molecule has 0 saturated heterocycles. The zero-order chi connectivity index (χ0) is 16.9. The van der Waals surface area contributed by atoms with Gasteiger partial charge in [0.15, 0.2) is 0 Å². The number of rotatable bonds is 7. The molecule has 0 fully saturated rings. The Morgan fingerprint density at radius 3 is 2.62 bits per heavy atom. The van der Waals surface area contributed by atoms with E-state index in [1.54, 1.807) is 13.3 Å². The molecule has 0 aliphatic heterocycles. The molecule has 2 aromatic heterocycles. The normalized spacial score (nSPS) is 10.5. The number of benzene rings is 1. The largest absolute Gasteiger partial charge is 0.497 e. The van der Waals surface area contributed by atoms with Crippen LogP contribution in [0.15, 0.2) is 42.9 Å². The number of hydrogen-bond acceptors (Lipinski definition) is 5. The van der Waals surface area contributed by atoms with Crippen LogP contribution in [0.2, 0.25) is 0 Å². The molecule has 0 saturated carbocycles. The minimum Gasteiger partial charge on any atom is -0.497 e. The lowest BCUT2D eigenvalue weighted by atomic mass is 10.1. The highest BCUT2D eigenvalue weighted by Crippen LogP contribution is 2.15. The van der Waals surface area contributed by atoms with Gasteiger partial charge in [-0.3, -0.25) is 14.7 Å². The molecule has 3 aromatic rings. The van der Waals surface area contributed by atoms with Crippen molar-refractivity contribution in [1.82, 2.24) is 20.2 Å². The number of nitrogens with one attached hydrogen (secondary N) is 2. The fraction of sp³-hybridized carbons (Fsp3) is 0.176. The third-order valence-corrected chi connectivity index (χ3v) is 3.59. The predicted molar refractivity (Wildman–Crippen MR) is 86.0 cm³/mol. The Kier molecular flexibility index (Phi) is 4.51. The van der Waals surface area contributed by atoms with Gasteiger partial charge in [0.25, 0.3) is 5.78 Å². The zero-order valence-electron chi connectivity index (χ0n) is 13.1. The molecule has 24 heavy (non-hydrogen) atoms. The maximum atomic E-state index is 12.0. The van der Waals surface area contributed by atoms with Gasteiger partial charge in [0, 0.05) is 24.7 Å². The van der Waals surface area contributed by atoms with Gasteiger partial charge in [-0.2, -0.15) is 0 Å². The maximum Gasteiger partial charge on any atom is 0.267 e. The summed E-state index contributed by atoms with van der Waals surface area (Å²) in [5, 5.41) is 6.05. The summed E-state index contributed by atoms with van der Waals surface area (Å²) in [5.41, 5.74) is 2.84. The van der Waals surface area contributed by atoms with Gasteiger partial charge in [-0.25, -0.2) is 4.98 Å². The number of aromatic nitrogens is 4. The van der Waals surface area contributed by atoms with Crippen LogP contribution in [0.5, 0.6) is 5.75 Å². The number of ether oxygens (including phenoxy) is 1. The first-order valence-electron chi connectivity index (χ1n) is 7.38. The molecular formula is C17H16N4O3. The molecule has 0 aliphatic carbocycles. The van der Waals surface area contributed by atoms with Crippen molar-refractivity contribution in [3.8, 4) is 5.75 Å². The molecule has 1 aromatic carbocycles. The van der Waals surface area contributed by atoms with Gasteiger partial charge in [-0.05, 0) is 29.3 Å². The van der Waals surface area contributed by atoms with Crippen LogP contribution in [0.3, 0.4) is 0 Å². The monoisotopic (exact) mass is 324 g/mol. The third kappa shape index (κ3) is 3.57. The topological polar surface area (TPSA) is 101 Å². The summed E-state index contributed by atoms with van der Waals surface area (Å²) in [7, 11) is 1.63. The Morgan fingerprint density at radius 2 is 1.96 bits per heavy atom. The Labute approximate surface area is 138 Å². The van der Waals surface area contributed by atoms with Crippen LogP contribution in [-0.2, 0) is 17.6 Å². The van der Waals surface area contributed by atoms with E-state index >= 15 is 0 Å². The lowest BCUT2D eigenvalue weighted by Gasteiger charge is -2.02. The Balaban J connectivity index is 1.62. The number of H-pyrrole nitrogens is 2. The van der Waals surface area contributed by atoms with E-state index in [0.29, 0.717) is 6.42 Å². The summed E-state index contributed by atoms with van der Waals surface area (Å²) in [5.74, 6) is -0.519. The SMILES string of the molecule is COc1ccc(Cc2cc(CC(=O)C(=O)c3nc[nH]n3)c[nH]2)cc1. The first kappa shape index (κ1) is 15.7. The van der Waals surface area contributed by atoms with Crippen molar-refractivity contribution in [3.05, 3.63) is 65.5 Å². The van der Waals surface area contributed by atoms with Gasteiger partial charge in [0.2, 0.25) is 11.6 Å². The molecular weight excluding hydrogens is 308 g/mol. The molecule has 7 nitrogen and oxygen atoms in total. The van der Waals surface area contributed by atoms with Gasteiger partial charge in [0.05, 0.1) is 7.11 Å². The van der Waals surface area contributed by atoms with Crippen LogP contribution in [0, 0.1) is 0 Å². The fourth-order valence-electron chi connectivity index (χ4n) is 2.37. The number of nitrogens with zero attached hydrogens (tertiary/aromatic N) is 2. The van der Waals surface area contributed by atoms with Crippen molar-refractivity contribution in [2.24, 2.45) is 0 Å². The average molecular weight is 324 g/mol. The summed E-state index contributed by atoms with van der Waals surface area (Å²) >= 11 is 0. The number of hydrogen-bond donors (Lipinski definition) is 2. The van der Waals surface area contributed by atoms with E-state index in [-0.39, 0.29) is 12.2 Å². The number of aromatic amines is 2. The van der Waals surface area contributed by atoms with Gasteiger partial charge >= 0.3 is 0 Å². The van der Waals surface area contributed by atoms with Crippen molar-refractivity contribution in [3.63, 3.8) is 0 Å². The van der Waals surface area contributed by atoms with Crippen molar-refractivity contribution in [1.29, 1.82) is 0 Å². The first-order chi connectivity index (χ1) is 11.7. The molecule has 3 rings (SSSR count). The van der Waals surface area contributed by atoms with Crippen molar-refractivity contribution in [2.75, 3.05) is 7.11 Å². The quantitative estimate of drug-likeness (QED) is 0.509. The molecule has 0 spiro atoms. The van der Waals surface area contributed by atoms with Crippen LogP contribution >= 0.6 is 0 Å². The lowest BCUT2D eigenvalue weighted by Crippen LogP contribution is -2.17. The number of ketones is 2. The van der Waals surface area contributed by atoms with E-state index in [1.165, 1.54) is 6.33 Å². The molecule has 0 amide bonds. The standard InChI is InChI=1S/C17H16N4O3/c1-24-14-4-2-11(3-5-14)6-13-7-12(9-18-13)8-15(22)16(23)17-19-10-20-21-17/h2-5,7,9-10,18H,6,8H2,1H3,(H,19,20,21). The number of carbonyl (C=O) groups is 2. The highest BCUT2D eigenvalue weighted by Gasteiger charge is 2.20. The van der Waals surface area contributed by atoms with Gasteiger partial charge in [0.1, 0.15) is 12.1 Å². The van der Waals surface area contributed by atoms with Crippen LogP contribution in [-0.4, -0.2) is 38.8 Å². The van der Waals surface area contributed by atoms with Crippen LogP contribution in [0.25, 0.3) is 0 Å². The number of carbonyl (C=O) groups excluding carboxylic acids is 2. The second-order valence-corrected chi connectivity index (χ2v) is 5.31. The Bertz CT molecular complexity index is 835. The van der Waals surface area contributed by atoms with Gasteiger partial charge in [-0.1, -0.05) is 12.1 Å². The number of methoxy groups -OCH3 is 1. The van der Waals surface area contributed by atoms with E-state index in [4.69, 9.17) is 4.74 Å². The van der Waals surface area contributed by atoms with Crippen molar-refractivity contribution >= 4 is 11.6 Å². The van der Waals surface area contributed by atoms with Crippen molar-refractivity contribution < 1.29 is 14.3 Å². The fourth-order valence-corrected chi connectivity index (χ4v) is 2.37. The van der Waals surface area contributed by atoms with Gasteiger partial charge in [-0.15, -0.1) is 5.10 Å². The molecule has 0 radical (unpaired) electrons. The molecule has 7 heteroatoms. The molecule has 0 bridgehead atoms. The minimum absolute atomic E-state index is 0.0203. The lowest BCUT2D eigenvalue weighted by molar-refractivity contribution is -0.114. The zero-order valence-corrected chi connectivity index (χ0v) is 13.1. The Hall–Kier alpha value is -3.22. The summed E-state index contributed by atoms with van der Waals surface area (Å²) in [4.78, 5) is 30.7. The van der Waals surface area contributed by atoms with Gasteiger partial charge < -0.3 is 9.72 Å². The molecule has 0 aliphatic rings. The summed E-state index contributed by atoms with van der Waals surface area (Å²) in [6.45, 7) is 0. The first-order valence-corrected chi connectivity index (χ1v) is 7.38. The maximum absolute atomic E-state index is 12.0. The van der Waals surface area contributed by atoms with E-state index in [9.17, 15) is 9.59 Å². The van der Waals surface area contributed by atoms with E-state index in [0.717, 1.165) is 22.6 Å². The van der Waals surface area contributed by atoms with Crippen molar-refractivity contribution in [2.45, 2.75) is 12.8 Å². The second-order valence-electron chi connectivity index (χ2n) is 5.31. The minimum atomic E-state index is -0.686. The second kappa shape index (κ2) is 6.91. The van der Waals surface area contributed by atoms with E-state index in [1.807, 2.05) is 30.3 Å². The predicted octanol–water partition coefficient (Wildman–Crippen LogP) is 1.73. The summed E-state index contributed by atoms with van der Waals surface area (Å²) in [6, 6.07) is 9.65. The summed E-state index contributed by atoms with van der Waals surface area (Å²) < 4.78 is 5.13. The van der Waals surface area contributed by atoms with E-state index < -0.39 is 11.6 Å². The summed E-state index contributed by atoms with van der Waals surface area (Å²) in [6.07, 6.45) is 3.73. The molecule has 0 unspecified atom stereocenters. The highest BCUT2D eigenvalue weighted by molar-refractivity contribution is 6.43. The molecule has 0 atom stereocenters. The number of Topliss-reactive ketones (excluding diaryl/α,β-unsaturated/α-hetero) is 2. The highest BCUT2D eigenvalue weighted by atomic mass is 16.5. The Morgan fingerprint density at radius 1 is 1.17 bits per heavy atom. The third-order valence-electron chi connectivity index (χ3n) is 3.59. The molecule has 2 heterocycles. The van der Waals surface area contributed by atoms with E-state index in [2.05, 4.69) is 20.2 Å². The van der Waals surface area contributed by atoms with Crippen LogP contribution in [0.4, 0.5) is 0 Å². The average Bonchev–Trinajstić information content (AvgIpc) is 3.27.